The molecule has 0 saturated carbocycles. The van der Waals surface area contributed by atoms with E-state index in [1.165, 1.54) is 4.31 Å². The van der Waals surface area contributed by atoms with Gasteiger partial charge in [-0.25, -0.2) is 18.1 Å². The number of benzene rings is 1. The van der Waals surface area contributed by atoms with Gasteiger partial charge in [0.15, 0.2) is 0 Å². The van der Waals surface area contributed by atoms with Gasteiger partial charge in [0, 0.05) is 24.2 Å². The number of aryl methyl sites for hydroxylation is 1. The SMILES string of the molecule is CCS(=O)(=O)N1CCC[C@@H](C(=O)N/N=C\c2cn[nH]c2-c2ccc(C)cc2)C1. The zero-order valence-electron chi connectivity index (χ0n) is 16.1. The maximum Gasteiger partial charge on any atom is 0.244 e. The van der Waals surface area contributed by atoms with E-state index in [2.05, 4.69) is 20.7 Å². The molecule has 8 nitrogen and oxygen atoms in total. The Hall–Kier alpha value is -2.52. The van der Waals surface area contributed by atoms with E-state index < -0.39 is 15.9 Å². The lowest BCUT2D eigenvalue weighted by Crippen LogP contribution is -2.45. The van der Waals surface area contributed by atoms with Crippen molar-refractivity contribution in [2.75, 3.05) is 18.8 Å². The molecule has 3 rings (SSSR count). The van der Waals surface area contributed by atoms with E-state index in [0.29, 0.717) is 19.4 Å². The Labute approximate surface area is 165 Å². The summed E-state index contributed by atoms with van der Waals surface area (Å²) in [7, 11) is -3.28. The number of carbonyl (C=O) groups excluding carboxylic acids is 1. The molecule has 0 aliphatic carbocycles. The number of carbonyl (C=O) groups is 1. The number of nitrogens with one attached hydrogen (secondary N) is 2. The van der Waals surface area contributed by atoms with Crippen LogP contribution < -0.4 is 5.43 Å². The number of H-pyrrole nitrogens is 1. The lowest BCUT2D eigenvalue weighted by Gasteiger charge is -2.30. The van der Waals surface area contributed by atoms with Crippen molar-refractivity contribution in [3.8, 4) is 11.3 Å². The quantitative estimate of drug-likeness (QED) is 0.567. The number of amides is 1. The van der Waals surface area contributed by atoms with Gasteiger partial charge in [-0.1, -0.05) is 29.8 Å². The zero-order chi connectivity index (χ0) is 20.1. The van der Waals surface area contributed by atoms with Crippen LogP contribution in [0.2, 0.25) is 0 Å². The van der Waals surface area contributed by atoms with Gasteiger partial charge in [0.05, 0.1) is 29.8 Å². The lowest BCUT2D eigenvalue weighted by molar-refractivity contribution is -0.126. The van der Waals surface area contributed by atoms with E-state index in [1.54, 1.807) is 19.3 Å². The van der Waals surface area contributed by atoms with Gasteiger partial charge in [0.25, 0.3) is 0 Å². The predicted molar refractivity (Wildman–Crippen MR) is 108 cm³/mol. The van der Waals surface area contributed by atoms with Crippen molar-refractivity contribution in [2.24, 2.45) is 11.0 Å². The van der Waals surface area contributed by atoms with Crippen LogP contribution in [0.1, 0.15) is 30.9 Å². The highest BCUT2D eigenvalue weighted by Gasteiger charge is 2.31. The average molecular weight is 404 g/mol. The van der Waals surface area contributed by atoms with Crippen LogP contribution in [-0.4, -0.2) is 53.9 Å². The smallest absolute Gasteiger partial charge is 0.244 e. The third-order valence-corrected chi connectivity index (χ3v) is 6.75. The van der Waals surface area contributed by atoms with E-state index in [9.17, 15) is 13.2 Å². The summed E-state index contributed by atoms with van der Waals surface area (Å²) < 4.78 is 25.5. The Balaban J connectivity index is 1.63. The molecule has 0 radical (unpaired) electrons. The highest BCUT2D eigenvalue weighted by molar-refractivity contribution is 7.89. The number of hydrazone groups is 1. The minimum atomic E-state index is -3.28. The zero-order valence-corrected chi connectivity index (χ0v) is 16.9. The van der Waals surface area contributed by atoms with Gasteiger partial charge >= 0.3 is 0 Å². The summed E-state index contributed by atoms with van der Waals surface area (Å²) in [6.07, 6.45) is 4.50. The summed E-state index contributed by atoms with van der Waals surface area (Å²) >= 11 is 0. The van der Waals surface area contributed by atoms with Crippen LogP contribution in [-0.2, 0) is 14.8 Å². The second-order valence-corrected chi connectivity index (χ2v) is 9.16. The number of hydrogen-bond donors (Lipinski definition) is 2. The van der Waals surface area contributed by atoms with Crippen LogP contribution in [0.3, 0.4) is 0 Å². The van der Waals surface area contributed by atoms with Crippen LogP contribution >= 0.6 is 0 Å². The second-order valence-electron chi connectivity index (χ2n) is 6.90. The summed E-state index contributed by atoms with van der Waals surface area (Å²) in [5.74, 6) is -0.623. The number of rotatable bonds is 6. The Morgan fingerprint density at radius 1 is 1.39 bits per heavy atom. The molecule has 1 fully saturated rings. The molecule has 1 aliphatic heterocycles. The Bertz CT molecular complexity index is 950. The number of piperidine rings is 1. The fraction of sp³-hybridized carbons (Fsp3) is 0.421. The monoisotopic (exact) mass is 403 g/mol. The average Bonchev–Trinajstić information content (AvgIpc) is 3.17. The highest BCUT2D eigenvalue weighted by Crippen LogP contribution is 2.21. The van der Waals surface area contributed by atoms with Crippen LogP contribution in [0.4, 0.5) is 0 Å². The molecule has 1 saturated heterocycles. The molecule has 0 unspecified atom stereocenters. The van der Waals surface area contributed by atoms with Crippen LogP contribution in [0.5, 0.6) is 0 Å². The molecule has 1 aromatic heterocycles. The van der Waals surface area contributed by atoms with Crippen molar-refractivity contribution in [1.82, 2.24) is 19.9 Å². The molecule has 1 amide bonds. The molecule has 1 atom stereocenters. The largest absolute Gasteiger partial charge is 0.277 e. The summed E-state index contributed by atoms with van der Waals surface area (Å²) in [4.78, 5) is 12.4. The highest BCUT2D eigenvalue weighted by atomic mass is 32.2. The molecule has 28 heavy (non-hydrogen) atoms. The van der Waals surface area contributed by atoms with Crippen molar-refractivity contribution in [2.45, 2.75) is 26.7 Å². The molecule has 0 spiro atoms. The van der Waals surface area contributed by atoms with Gasteiger partial charge in [-0.2, -0.15) is 10.2 Å². The van der Waals surface area contributed by atoms with Crippen molar-refractivity contribution in [3.05, 3.63) is 41.6 Å². The third-order valence-electron chi connectivity index (χ3n) is 4.90. The number of nitrogens with zero attached hydrogens (tertiary/aromatic N) is 3. The van der Waals surface area contributed by atoms with Gasteiger partial charge in [0.2, 0.25) is 15.9 Å². The maximum absolute atomic E-state index is 12.4. The van der Waals surface area contributed by atoms with E-state index >= 15 is 0 Å². The third kappa shape index (κ3) is 4.66. The minimum Gasteiger partial charge on any atom is -0.277 e. The van der Waals surface area contributed by atoms with Crippen molar-refractivity contribution in [1.29, 1.82) is 0 Å². The molecular weight excluding hydrogens is 378 g/mol. The molecule has 1 aliphatic rings. The first-order valence-corrected chi connectivity index (χ1v) is 10.9. The van der Waals surface area contributed by atoms with E-state index in [0.717, 1.165) is 22.4 Å². The maximum atomic E-state index is 12.4. The van der Waals surface area contributed by atoms with Crippen molar-refractivity contribution < 1.29 is 13.2 Å². The van der Waals surface area contributed by atoms with Crippen molar-refractivity contribution >= 4 is 22.1 Å². The molecule has 0 bridgehead atoms. The van der Waals surface area contributed by atoms with Gasteiger partial charge in [-0.15, -0.1) is 0 Å². The normalized spacial score (nSPS) is 18.4. The van der Waals surface area contributed by atoms with E-state index in [-0.39, 0.29) is 18.2 Å². The Kier molecular flexibility index (Phi) is 6.25. The fourth-order valence-electron chi connectivity index (χ4n) is 3.19. The summed E-state index contributed by atoms with van der Waals surface area (Å²) in [6.45, 7) is 4.31. The number of aromatic nitrogens is 2. The number of aromatic amines is 1. The van der Waals surface area contributed by atoms with Crippen LogP contribution in [0, 0.1) is 12.8 Å². The van der Waals surface area contributed by atoms with Crippen LogP contribution in [0.15, 0.2) is 35.6 Å². The van der Waals surface area contributed by atoms with Gasteiger partial charge in [0.1, 0.15) is 0 Å². The Morgan fingerprint density at radius 3 is 2.86 bits per heavy atom. The summed E-state index contributed by atoms with van der Waals surface area (Å²) in [6, 6.07) is 8.00. The fourth-order valence-corrected chi connectivity index (χ4v) is 4.37. The first-order chi connectivity index (χ1) is 13.4. The molecule has 2 heterocycles. The van der Waals surface area contributed by atoms with Gasteiger partial charge < -0.3 is 0 Å². The first kappa shape index (κ1) is 20.2. The minimum absolute atomic E-state index is 0.0434. The van der Waals surface area contributed by atoms with Crippen molar-refractivity contribution in [3.63, 3.8) is 0 Å². The topological polar surface area (TPSA) is 108 Å². The van der Waals surface area contributed by atoms with Gasteiger partial charge in [-0.05, 0) is 26.7 Å². The Morgan fingerprint density at radius 2 is 2.14 bits per heavy atom. The molecule has 2 N–H and O–H groups in total. The van der Waals surface area contributed by atoms with Crippen LogP contribution in [0.25, 0.3) is 11.3 Å². The summed E-state index contributed by atoms with van der Waals surface area (Å²) in [5, 5.41) is 11.0. The van der Waals surface area contributed by atoms with E-state index in [1.807, 2.05) is 31.2 Å². The predicted octanol–water partition coefficient (Wildman–Crippen LogP) is 1.90. The number of sulfonamides is 1. The van der Waals surface area contributed by atoms with Gasteiger partial charge in [-0.3, -0.25) is 9.89 Å². The number of hydrogen-bond acceptors (Lipinski definition) is 5. The van der Waals surface area contributed by atoms with E-state index in [4.69, 9.17) is 0 Å². The molecule has 2 aromatic rings. The lowest BCUT2D eigenvalue weighted by atomic mass is 9.99. The second kappa shape index (κ2) is 8.66. The molecule has 9 heteroatoms. The molecule has 150 valence electrons. The molecule has 1 aromatic carbocycles. The standard InChI is InChI=1S/C19H25N5O3S/c1-3-28(26,27)24-10-4-5-16(13-24)19(25)23-21-12-17-11-20-22-18(17)15-8-6-14(2)7-9-15/h6-9,11-12,16H,3-5,10,13H2,1-2H3,(H,20,22)(H,23,25)/b21-12-/t16-/m1/s1. The summed E-state index contributed by atoms with van der Waals surface area (Å²) in [5.41, 5.74) is 6.24. The molecular formula is C19H25N5O3S. The first-order valence-electron chi connectivity index (χ1n) is 9.32.